The van der Waals surface area contributed by atoms with E-state index in [1.54, 1.807) is 38.1 Å². The van der Waals surface area contributed by atoms with Gasteiger partial charge < -0.3 is 13.9 Å². The fraction of sp³-hybridized carbons (Fsp3) is 0.179. The fourth-order valence-electron chi connectivity index (χ4n) is 4.45. The van der Waals surface area contributed by atoms with Crippen molar-refractivity contribution >= 4 is 45.0 Å². The monoisotopic (exact) mass is 623 g/mol. The summed E-state index contributed by atoms with van der Waals surface area (Å²) in [5.41, 5.74) is 1.60. The molecule has 0 amide bonds. The molecule has 0 fully saturated rings. The number of carbonyl (C=O) groups is 1. The minimum atomic E-state index is -0.720. The predicted molar refractivity (Wildman–Crippen MR) is 152 cm³/mol. The van der Waals surface area contributed by atoms with E-state index in [0.717, 1.165) is 10.0 Å². The number of aromatic nitrogens is 1. The summed E-state index contributed by atoms with van der Waals surface area (Å²) in [6.07, 6.45) is 1.60. The zero-order chi connectivity index (χ0) is 28.6. The molecule has 0 radical (unpaired) electrons. The normalized spacial score (nSPS) is 15.0. The summed E-state index contributed by atoms with van der Waals surface area (Å²) >= 11 is 4.61. The van der Waals surface area contributed by atoms with E-state index in [4.69, 9.17) is 13.9 Å². The van der Waals surface area contributed by atoms with Crippen LogP contribution in [0.15, 0.2) is 84.5 Å². The molecule has 0 bridgehead atoms. The molecule has 0 saturated heterocycles. The number of halogens is 1. The third-order valence-electron chi connectivity index (χ3n) is 6.26. The van der Waals surface area contributed by atoms with Gasteiger partial charge in [-0.1, -0.05) is 39.4 Å². The number of methoxy groups -OCH3 is 1. The number of hydrogen-bond donors (Lipinski definition) is 0. The Balaban J connectivity index is 1.61. The summed E-state index contributed by atoms with van der Waals surface area (Å²) in [4.78, 5) is 42.4. The molecule has 1 aliphatic rings. The van der Waals surface area contributed by atoms with Crippen LogP contribution in [-0.4, -0.2) is 29.2 Å². The van der Waals surface area contributed by atoms with E-state index in [-0.39, 0.29) is 23.6 Å². The standard InChI is InChI=1S/C28H22BrN3O7S/c1-4-38-27(34)24-15(2)30-28-31(25(24)16-5-7-17(29)8-6-16)26(33)23(40-28)14-19-10-12-21(39-19)20-11-9-18(32(35)36)13-22(20)37-3/h5-14,25H,4H2,1-3H3/b23-14-/t25-/m1/s1. The van der Waals surface area contributed by atoms with Crippen LogP contribution in [0.5, 0.6) is 5.75 Å². The van der Waals surface area contributed by atoms with Crippen LogP contribution in [0.1, 0.15) is 31.2 Å². The SMILES string of the molecule is CCOC(=O)C1=C(C)N=c2s/c(=C\c3ccc(-c4ccc([N+](=O)[O-])cc4OC)o3)c(=O)n2[C@@H]1c1ccc(Br)cc1. The van der Waals surface area contributed by atoms with Crippen molar-refractivity contribution in [2.45, 2.75) is 19.9 Å². The highest BCUT2D eigenvalue weighted by atomic mass is 79.9. The lowest BCUT2D eigenvalue weighted by atomic mass is 9.96. The zero-order valence-corrected chi connectivity index (χ0v) is 23.9. The Morgan fingerprint density at radius 1 is 1.23 bits per heavy atom. The highest BCUT2D eigenvalue weighted by Crippen LogP contribution is 2.35. The average Bonchev–Trinajstić information content (AvgIpc) is 3.52. The van der Waals surface area contributed by atoms with E-state index >= 15 is 0 Å². The molecule has 2 aromatic carbocycles. The first kappa shape index (κ1) is 27.3. The van der Waals surface area contributed by atoms with Gasteiger partial charge in [0.15, 0.2) is 4.80 Å². The van der Waals surface area contributed by atoms with Crippen molar-refractivity contribution in [3.8, 4) is 17.1 Å². The Morgan fingerprint density at radius 2 is 1.98 bits per heavy atom. The van der Waals surface area contributed by atoms with Gasteiger partial charge in [0.25, 0.3) is 11.2 Å². The Morgan fingerprint density at radius 3 is 2.65 bits per heavy atom. The number of hydrogen-bond acceptors (Lipinski definition) is 9. The maximum Gasteiger partial charge on any atom is 0.338 e. The van der Waals surface area contributed by atoms with Gasteiger partial charge in [0.2, 0.25) is 0 Å². The highest BCUT2D eigenvalue weighted by molar-refractivity contribution is 9.10. The van der Waals surface area contributed by atoms with E-state index in [2.05, 4.69) is 20.9 Å². The van der Waals surface area contributed by atoms with Crippen molar-refractivity contribution in [1.82, 2.24) is 4.57 Å². The van der Waals surface area contributed by atoms with Crippen LogP contribution in [-0.2, 0) is 9.53 Å². The second-order valence-electron chi connectivity index (χ2n) is 8.70. The van der Waals surface area contributed by atoms with Gasteiger partial charge in [0.1, 0.15) is 17.3 Å². The van der Waals surface area contributed by atoms with Gasteiger partial charge in [-0.15, -0.1) is 0 Å². The summed E-state index contributed by atoms with van der Waals surface area (Å²) in [7, 11) is 1.42. The largest absolute Gasteiger partial charge is 0.496 e. The number of benzene rings is 2. The van der Waals surface area contributed by atoms with Crippen molar-refractivity contribution in [1.29, 1.82) is 0 Å². The molecule has 0 unspecified atom stereocenters. The first-order valence-electron chi connectivity index (χ1n) is 12.1. The van der Waals surface area contributed by atoms with Crippen molar-refractivity contribution < 1.29 is 23.6 Å². The van der Waals surface area contributed by atoms with Crippen molar-refractivity contribution in [2.75, 3.05) is 13.7 Å². The van der Waals surface area contributed by atoms with Crippen LogP contribution in [0, 0.1) is 10.1 Å². The Kier molecular flexibility index (Phi) is 7.55. The molecular weight excluding hydrogens is 602 g/mol. The summed E-state index contributed by atoms with van der Waals surface area (Å²) < 4.78 is 19.3. The Hall–Kier alpha value is -4.29. The van der Waals surface area contributed by atoms with E-state index < -0.39 is 16.9 Å². The summed E-state index contributed by atoms with van der Waals surface area (Å²) in [6, 6.07) is 14.3. The molecular formula is C28H22BrN3O7S. The van der Waals surface area contributed by atoms with Gasteiger partial charge in [-0.2, -0.15) is 0 Å². The second-order valence-corrected chi connectivity index (χ2v) is 10.6. The number of fused-ring (bicyclic) bond motifs is 1. The molecule has 3 heterocycles. The molecule has 0 spiro atoms. The molecule has 5 rings (SSSR count). The molecule has 10 nitrogen and oxygen atoms in total. The number of nitro benzene ring substituents is 1. The van der Waals surface area contributed by atoms with Gasteiger partial charge >= 0.3 is 5.97 Å². The van der Waals surface area contributed by atoms with Crippen molar-refractivity contribution in [2.24, 2.45) is 4.99 Å². The van der Waals surface area contributed by atoms with E-state index in [1.165, 1.54) is 35.1 Å². The van der Waals surface area contributed by atoms with E-state index in [0.29, 0.717) is 37.7 Å². The molecule has 0 aliphatic carbocycles. The summed E-state index contributed by atoms with van der Waals surface area (Å²) in [5.74, 6) is 0.561. The van der Waals surface area contributed by atoms with Crippen LogP contribution in [0.3, 0.4) is 0 Å². The maximum absolute atomic E-state index is 13.8. The minimum absolute atomic E-state index is 0.105. The first-order valence-corrected chi connectivity index (χ1v) is 13.7. The molecule has 12 heteroatoms. The molecule has 0 saturated carbocycles. The number of allylic oxidation sites excluding steroid dienone is 1. The number of carbonyl (C=O) groups excluding carboxylic acids is 1. The van der Waals surface area contributed by atoms with Crippen LogP contribution in [0.4, 0.5) is 5.69 Å². The molecule has 40 heavy (non-hydrogen) atoms. The predicted octanol–water partition coefficient (Wildman–Crippen LogP) is 4.74. The molecule has 1 aliphatic heterocycles. The van der Waals surface area contributed by atoms with Gasteiger partial charge in [-0.25, -0.2) is 9.79 Å². The van der Waals surface area contributed by atoms with Crippen LogP contribution >= 0.6 is 27.3 Å². The van der Waals surface area contributed by atoms with Crippen molar-refractivity contribution in [3.63, 3.8) is 0 Å². The number of rotatable bonds is 7. The zero-order valence-electron chi connectivity index (χ0n) is 21.5. The Labute approximate surface area is 239 Å². The number of esters is 1. The van der Waals surface area contributed by atoms with Crippen LogP contribution < -0.4 is 19.6 Å². The smallest absolute Gasteiger partial charge is 0.338 e. The van der Waals surface area contributed by atoms with Gasteiger partial charge in [-0.3, -0.25) is 19.5 Å². The fourth-order valence-corrected chi connectivity index (χ4v) is 5.74. The molecule has 4 aromatic rings. The molecule has 0 N–H and O–H groups in total. The third-order valence-corrected chi connectivity index (χ3v) is 7.78. The van der Waals surface area contributed by atoms with Gasteiger partial charge in [-0.05, 0) is 49.7 Å². The van der Waals surface area contributed by atoms with E-state index in [1.807, 2.05) is 24.3 Å². The number of furan rings is 1. The lowest BCUT2D eigenvalue weighted by Gasteiger charge is -2.24. The molecule has 204 valence electrons. The van der Waals surface area contributed by atoms with Gasteiger partial charge in [0, 0.05) is 16.6 Å². The number of thiazole rings is 1. The second kappa shape index (κ2) is 11.1. The molecule has 2 aromatic heterocycles. The van der Waals surface area contributed by atoms with E-state index in [9.17, 15) is 19.7 Å². The highest BCUT2D eigenvalue weighted by Gasteiger charge is 2.33. The topological polar surface area (TPSA) is 126 Å². The first-order chi connectivity index (χ1) is 19.2. The average molecular weight is 624 g/mol. The molecule has 1 atom stereocenters. The Bertz CT molecular complexity index is 1850. The van der Waals surface area contributed by atoms with Gasteiger partial charge in [0.05, 0.1) is 52.1 Å². The number of ether oxygens (including phenoxy) is 2. The lowest BCUT2D eigenvalue weighted by Crippen LogP contribution is -2.39. The summed E-state index contributed by atoms with van der Waals surface area (Å²) in [6.45, 7) is 3.64. The quantitative estimate of drug-likeness (QED) is 0.165. The minimum Gasteiger partial charge on any atom is -0.496 e. The maximum atomic E-state index is 13.8. The number of non-ortho nitro benzene ring substituents is 1. The number of nitro groups is 1. The summed E-state index contributed by atoms with van der Waals surface area (Å²) in [5, 5.41) is 11.1. The van der Waals surface area contributed by atoms with Crippen LogP contribution in [0.25, 0.3) is 17.4 Å². The third kappa shape index (κ3) is 5.03. The van der Waals surface area contributed by atoms with Crippen molar-refractivity contribution in [3.05, 3.63) is 111 Å². The lowest BCUT2D eigenvalue weighted by molar-refractivity contribution is -0.384. The van der Waals surface area contributed by atoms with Crippen LogP contribution in [0.2, 0.25) is 0 Å². The number of nitrogens with zero attached hydrogens (tertiary/aromatic N) is 3.